The topological polar surface area (TPSA) is 88.0 Å². The predicted molar refractivity (Wildman–Crippen MR) is 64.1 cm³/mol. The van der Waals surface area contributed by atoms with Gasteiger partial charge in [0.1, 0.15) is 5.52 Å². The summed E-state index contributed by atoms with van der Waals surface area (Å²) in [7, 11) is 0. The molecule has 0 fully saturated rings. The van der Waals surface area contributed by atoms with Gasteiger partial charge in [-0.05, 0) is 19.9 Å². The Bertz CT molecular complexity index is 547. The van der Waals surface area contributed by atoms with E-state index in [4.69, 9.17) is 0 Å². The van der Waals surface area contributed by atoms with Crippen LogP contribution in [0, 0.1) is 10.1 Å². The zero-order valence-corrected chi connectivity index (χ0v) is 9.67. The highest BCUT2D eigenvalue weighted by Gasteiger charge is 2.19. The molecule has 0 aliphatic rings. The molecule has 0 unspecified atom stereocenters. The number of anilines is 1. The zero-order chi connectivity index (χ0) is 12.4. The minimum absolute atomic E-state index is 0.0235. The highest BCUT2D eigenvalue weighted by molar-refractivity contribution is 5.94. The number of nitrogens with zero attached hydrogens (tertiary/aromatic N) is 4. The Labute approximate surface area is 97.6 Å². The van der Waals surface area contributed by atoms with Crippen LogP contribution in [-0.2, 0) is 0 Å². The zero-order valence-electron chi connectivity index (χ0n) is 9.67. The van der Waals surface area contributed by atoms with Crippen LogP contribution in [0.25, 0.3) is 11.0 Å². The molecular weight excluding hydrogens is 222 g/mol. The van der Waals surface area contributed by atoms with Gasteiger partial charge in [-0.25, -0.2) is 0 Å². The second kappa shape index (κ2) is 4.36. The van der Waals surface area contributed by atoms with Gasteiger partial charge in [-0.2, -0.15) is 10.3 Å². The van der Waals surface area contributed by atoms with Crippen molar-refractivity contribution in [1.29, 1.82) is 0 Å². The van der Waals surface area contributed by atoms with Gasteiger partial charge in [0.25, 0.3) is 5.69 Å². The van der Waals surface area contributed by atoms with E-state index in [-0.39, 0.29) is 5.69 Å². The van der Waals surface area contributed by atoms with Crippen molar-refractivity contribution in [2.24, 2.45) is 0 Å². The third-order valence-electron chi connectivity index (χ3n) is 2.73. The lowest BCUT2D eigenvalue weighted by molar-refractivity contribution is -0.383. The highest BCUT2D eigenvalue weighted by atomic mass is 16.6. The number of rotatable bonds is 4. The van der Waals surface area contributed by atoms with E-state index in [9.17, 15) is 10.1 Å². The maximum atomic E-state index is 10.8. The molecule has 1 aromatic heterocycles. The average Bonchev–Trinajstić information content (AvgIpc) is 2.79. The Balaban J connectivity index is 2.64. The van der Waals surface area contributed by atoms with Crippen LogP contribution in [0.4, 0.5) is 11.4 Å². The summed E-state index contributed by atoms with van der Waals surface area (Å²) in [5, 5.41) is 21.1. The second-order valence-corrected chi connectivity index (χ2v) is 3.55. The van der Waals surface area contributed by atoms with Crippen molar-refractivity contribution in [3.05, 3.63) is 22.2 Å². The van der Waals surface area contributed by atoms with Gasteiger partial charge in [0.2, 0.25) is 0 Å². The predicted octanol–water partition coefficient (Wildman–Crippen LogP) is 1.71. The molecule has 0 bridgehead atoms. The minimum Gasteiger partial charge on any atom is -0.370 e. The first kappa shape index (κ1) is 11.3. The molecule has 2 aromatic rings. The molecule has 1 heterocycles. The second-order valence-electron chi connectivity index (χ2n) is 3.55. The fourth-order valence-corrected chi connectivity index (χ4v) is 1.87. The summed E-state index contributed by atoms with van der Waals surface area (Å²) in [4.78, 5) is 12.5. The van der Waals surface area contributed by atoms with Gasteiger partial charge in [-0.3, -0.25) is 10.1 Å². The number of aromatic nitrogens is 3. The van der Waals surface area contributed by atoms with E-state index < -0.39 is 4.92 Å². The average molecular weight is 235 g/mol. The standard InChI is InChI=1S/C10H13N5O2/c1-3-14(4-2)7-5-6-8(15(16)17)10-9(7)11-13-12-10/h5-6H,3-4H2,1-2H3,(H,11,12,13). The van der Waals surface area contributed by atoms with Crippen molar-refractivity contribution in [2.75, 3.05) is 18.0 Å². The van der Waals surface area contributed by atoms with Gasteiger partial charge in [0, 0.05) is 19.2 Å². The quantitative estimate of drug-likeness (QED) is 0.643. The largest absolute Gasteiger partial charge is 0.370 e. The fraction of sp³-hybridized carbons (Fsp3) is 0.400. The summed E-state index contributed by atoms with van der Waals surface area (Å²) in [6, 6.07) is 3.19. The van der Waals surface area contributed by atoms with Gasteiger partial charge < -0.3 is 4.90 Å². The molecule has 90 valence electrons. The SMILES string of the molecule is CCN(CC)c1ccc([N+](=O)[O-])c2n[nH]nc12. The lowest BCUT2D eigenvalue weighted by atomic mass is 10.2. The maximum absolute atomic E-state index is 10.8. The van der Waals surface area contributed by atoms with Crippen LogP contribution in [-0.4, -0.2) is 33.4 Å². The van der Waals surface area contributed by atoms with Crippen LogP contribution in [0.2, 0.25) is 0 Å². The number of aromatic amines is 1. The number of nitrogens with one attached hydrogen (secondary N) is 1. The van der Waals surface area contributed by atoms with Crippen molar-refractivity contribution in [3.63, 3.8) is 0 Å². The summed E-state index contributed by atoms with van der Waals surface area (Å²) in [5.41, 5.74) is 1.69. The molecule has 0 aliphatic heterocycles. The van der Waals surface area contributed by atoms with Gasteiger partial charge >= 0.3 is 0 Å². The molecule has 1 aromatic carbocycles. The van der Waals surface area contributed by atoms with Crippen molar-refractivity contribution in [3.8, 4) is 0 Å². The van der Waals surface area contributed by atoms with Crippen molar-refractivity contribution < 1.29 is 4.92 Å². The molecule has 0 saturated heterocycles. The number of fused-ring (bicyclic) bond motifs is 1. The molecule has 17 heavy (non-hydrogen) atoms. The number of nitro groups is 1. The molecule has 0 saturated carbocycles. The maximum Gasteiger partial charge on any atom is 0.299 e. The molecule has 2 rings (SSSR count). The van der Waals surface area contributed by atoms with E-state index in [0.717, 1.165) is 18.8 Å². The van der Waals surface area contributed by atoms with Crippen LogP contribution >= 0.6 is 0 Å². The van der Waals surface area contributed by atoms with Crippen LogP contribution < -0.4 is 4.90 Å². The molecule has 0 amide bonds. The summed E-state index contributed by atoms with van der Waals surface area (Å²) < 4.78 is 0. The van der Waals surface area contributed by atoms with Crippen LogP contribution in [0.3, 0.4) is 0 Å². The Morgan fingerprint density at radius 2 is 1.94 bits per heavy atom. The third kappa shape index (κ3) is 1.79. The Hall–Kier alpha value is -2.18. The summed E-state index contributed by atoms with van der Waals surface area (Å²) in [6.07, 6.45) is 0. The van der Waals surface area contributed by atoms with Crippen molar-refractivity contribution >= 4 is 22.4 Å². The normalized spacial score (nSPS) is 10.7. The summed E-state index contributed by atoms with van der Waals surface area (Å²) in [5.74, 6) is 0. The van der Waals surface area contributed by atoms with Crippen molar-refractivity contribution in [2.45, 2.75) is 13.8 Å². The molecule has 0 aliphatic carbocycles. The third-order valence-corrected chi connectivity index (χ3v) is 2.73. The molecule has 0 spiro atoms. The van der Waals surface area contributed by atoms with E-state index in [2.05, 4.69) is 20.3 Å². The minimum atomic E-state index is -0.448. The van der Waals surface area contributed by atoms with Crippen LogP contribution in [0.15, 0.2) is 12.1 Å². The van der Waals surface area contributed by atoms with Crippen LogP contribution in [0.1, 0.15) is 13.8 Å². The number of hydrogen-bond acceptors (Lipinski definition) is 5. The van der Waals surface area contributed by atoms with Gasteiger partial charge in [-0.15, -0.1) is 5.10 Å². The van der Waals surface area contributed by atoms with Crippen molar-refractivity contribution in [1.82, 2.24) is 15.4 Å². The first-order valence-corrected chi connectivity index (χ1v) is 5.41. The summed E-state index contributed by atoms with van der Waals surface area (Å²) in [6.45, 7) is 5.68. The molecule has 7 heteroatoms. The molecular formula is C10H13N5O2. The summed E-state index contributed by atoms with van der Waals surface area (Å²) >= 11 is 0. The Morgan fingerprint density at radius 3 is 2.53 bits per heavy atom. The Morgan fingerprint density at radius 1 is 1.29 bits per heavy atom. The lowest BCUT2D eigenvalue weighted by Gasteiger charge is -2.20. The number of nitro benzene ring substituents is 1. The number of hydrogen-bond donors (Lipinski definition) is 1. The van der Waals surface area contributed by atoms with E-state index >= 15 is 0 Å². The van der Waals surface area contributed by atoms with E-state index in [1.807, 2.05) is 13.8 Å². The van der Waals surface area contributed by atoms with Gasteiger partial charge in [0.15, 0.2) is 5.52 Å². The van der Waals surface area contributed by atoms with Gasteiger partial charge in [0.05, 0.1) is 10.6 Å². The number of H-pyrrole nitrogens is 1. The molecule has 7 nitrogen and oxygen atoms in total. The first-order chi connectivity index (χ1) is 8.19. The van der Waals surface area contributed by atoms with E-state index in [0.29, 0.717) is 11.0 Å². The molecule has 0 radical (unpaired) electrons. The molecule has 0 atom stereocenters. The number of benzene rings is 1. The Kier molecular flexibility index (Phi) is 2.90. The monoisotopic (exact) mass is 235 g/mol. The van der Waals surface area contributed by atoms with E-state index in [1.165, 1.54) is 6.07 Å². The fourth-order valence-electron chi connectivity index (χ4n) is 1.87. The lowest BCUT2D eigenvalue weighted by Crippen LogP contribution is -2.22. The van der Waals surface area contributed by atoms with Crippen LogP contribution in [0.5, 0.6) is 0 Å². The number of non-ortho nitro benzene ring substituents is 1. The smallest absolute Gasteiger partial charge is 0.299 e. The molecule has 1 N–H and O–H groups in total. The van der Waals surface area contributed by atoms with Gasteiger partial charge in [-0.1, -0.05) is 0 Å². The van der Waals surface area contributed by atoms with E-state index in [1.54, 1.807) is 6.07 Å². The highest BCUT2D eigenvalue weighted by Crippen LogP contribution is 2.30. The first-order valence-electron chi connectivity index (χ1n) is 5.41.